The number of rotatable bonds is 8. The van der Waals surface area contributed by atoms with Crippen LogP contribution in [0.15, 0.2) is 42.6 Å². The summed E-state index contributed by atoms with van der Waals surface area (Å²) in [4.78, 5) is 28.2. The van der Waals surface area contributed by atoms with Gasteiger partial charge in [0.25, 0.3) is 0 Å². The van der Waals surface area contributed by atoms with Crippen molar-refractivity contribution in [2.24, 2.45) is 0 Å². The van der Waals surface area contributed by atoms with Crippen molar-refractivity contribution in [1.29, 1.82) is 0 Å². The summed E-state index contributed by atoms with van der Waals surface area (Å²) in [6.45, 7) is 0.468. The van der Waals surface area contributed by atoms with E-state index in [0.717, 1.165) is 25.7 Å². The second kappa shape index (κ2) is 11.1. The standard InChI is InChI=1S/C22H27FN4O3/c23-17-7-4-10-19(14-17)30-21-16(6-5-12-24-21)15-26-20(28)11-13-25-22(29)27-18-8-2-1-3-9-18/h4-7,10,12,14,18H,1-3,8-9,11,13,15H2,(H,26,28)(H2,25,27,29). The summed E-state index contributed by atoms with van der Waals surface area (Å²) in [5, 5.41) is 8.46. The van der Waals surface area contributed by atoms with Crippen LogP contribution in [0.5, 0.6) is 11.6 Å². The van der Waals surface area contributed by atoms with E-state index in [9.17, 15) is 14.0 Å². The van der Waals surface area contributed by atoms with Gasteiger partial charge >= 0.3 is 6.03 Å². The van der Waals surface area contributed by atoms with Gasteiger partial charge < -0.3 is 20.7 Å². The summed E-state index contributed by atoms with van der Waals surface area (Å²) >= 11 is 0. The molecule has 1 aliphatic carbocycles. The van der Waals surface area contributed by atoms with Crippen LogP contribution >= 0.6 is 0 Å². The SMILES string of the molecule is O=C(CCNC(=O)NC1CCCCC1)NCc1cccnc1Oc1cccc(F)c1. The van der Waals surface area contributed by atoms with Gasteiger partial charge in [-0.05, 0) is 31.0 Å². The average molecular weight is 414 g/mol. The Kier molecular flexibility index (Phi) is 8.00. The Hall–Kier alpha value is -3.16. The maximum atomic E-state index is 13.3. The number of carbonyl (C=O) groups excluding carboxylic acids is 2. The average Bonchev–Trinajstić information content (AvgIpc) is 2.74. The van der Waals surface area contributed by atoms with Crippen LogP contribution < -0.4 is 20.7 Å². The van der Waals surface area contributed by atoms with Crippen LogP contribution in [0.3, 0.4) is 0 Å². The smallest absolute Gasteiger partial charge is 0.315 e. The Morgan fingerprint density at radius 1 is 1.10 bits per heavy atom. The minimum atomic E-state index is -0.404. The number of benzene rings is 1. The lowest BCUT2D eigenvalue weighted by molar-refractivity contribution is -0.121. The predicted molar refractivity (Wildman–Crippen MR) is 111 cm³/mol. The number of nitrogens with one attached hydrogen (secondary N) is 3. The highest BCUT2D eigenvalue weighted by Crippen LogP contribution is 2.23. The number of nitrogens with zero attached hydrogens (tertiary/aromatic N) is 1. The quantitative estimate of drug-likeness (QED) is 0.615. The Balaban J connectivity index is 1.40. The van der Waals surface area contributed by atoms with Crippen molar-refractivity contribution in [3.8, 4) is 11.6 Å². The third kappa shape index (κ3) is 7.02. The van der Waals surface area contributed by atoms with Gasteiger partial charge in [-0.2, -0.15) is 0 Å². The minimum absolute atomic E-state index is 0.165. The largest absolute Gasteiger partial charge is 0.439 e. The molecule has 3 N–H and O–H groups in total. The summed E-state index contributed by atoms with van der Waals surface area (Å²) in [7, 11) is 0. The van der Waals surface area contributed by atoms with Crippen molar-refractivity contribution in [1.82, 2.24) is 20.9 Å². The van der Waals surface area contributed by atoms with Crippen LogP contribution in [0.1, 0.15) is 44.1 Å². The Bertz CT molecular complexity index is 856. The molecule has 1 heterocycles. The molecule has 1 saturated carbocycles. The zero-order valence-corrected chi connectivity index (χ0v) is 16.8. The summed E-state index contributed by atoms with van der Waals surface area (Å²) in [6, 6.07) is 9.28. The van der Waals surface area contributed by atoms with Crippen molar-refractivity contribution < 1.29 is 18.7 Å². The molecule has 160 valence electrons. The normalized spacial score (nSPS) is 14.0. The monoisotopic (exact) mass is 414 g/mol. The van der Waals surface area contributed by atoms with Crippen LogP contribution in [-0.2, 0) is 11.3 Å². The first-order valence-electron chi connectivity index (χ1n) is 10.3. The van der Waals surface area contributed by atoms with E-state index in [1.807, 2.05) is 0 Å². The topological polar surface area (TPSA) is 92.4 Å². The number of carbonyl (C=O) groups is 2. The third-order valence-corrected chi connectivity index (χ3v) is 4.91. The molecule has 1 aliphatic rings. The first-order chi connectivity index (χ1) is 14.6. The van der Waals surface area contributed by atoms with E-state index in [1.165, 1.54) is 18.6 Å². The fourth-order valence-electron chi connectivity index (χ4n) is 3.35. The summed E-state index contributed by atoms with van der Waals surface area (Å²) in [5.41, 5.74) is 0.665. The molecule has 3 amide bonds. The van der Waals surface area contributed by atoms with Crippen molar-refractivity contribution in [2.75, 3.05) is 6.54 Å². The van der Waals surface area contributed by atoms with Crippen molar-refractivity contribution in [2.45, 2.75) is 51.1 Å². The highest BCUT2D eigenvalue weighted by atomic mass is 19.1. The highest BCUT2D eigenvalue weighted by Gasteiger charge is 2.15. The van der Waals surface area contributed by atoms with Gasteiger partial charge in [0.1, 0.15) is 11.6 Å². The van der Waals surface area contributed by atoms with Gasteiger partial charge in [0, 0.05) is 43.4 Å². The molecule has 1 aromatic carbocycles. The summed E-state index contributed by atoms with van der Waals surface area (Å²) < 4.78 is 19.0. The van der Waals surface area contributed by atoms with E-state index in [1.54, 1.807) is 30.5 Å². The number of halogens is 1. The van der Waals surface area contributed by atoms with Gasteiger partial charge in [-0.25, -0.2) is 14.2 Å². The van der Waals surface area contributed by atoms with Crippen molar-refractivity contribution in [3.05, 3.63) is 54.0 Å². The molecular formula is C22H27FN4O3. The van der Waals surface area contributed by atoms with Crippen molar-refractivity contribution in [3.63, 3.8) is 0 Å². The maximum Gasteiger partial charge on any atom is 0.315 e. The molecule has 0 aliphatic heterocycles. The lowest BCUT2D eigenvalue weighted by Crippen LogP contribution is -2.43. The summed E-state index contributed by atoms with van der Waals surface area (Å²) in [5.74, 6) is 0.0228. The van der Waals surface area contributed by atoms with Crippen LogP contribution in [0.25, 0.3) is 0 Å². The van der Waals surface area contributed by atoms with E-state index in [4.69, 9.17) is 4.74 Å². The number of hydrogen-bond donors (Lipinski definition) is 3. The zero-order chi connectivity index (χ0) is 21.2. The Labute approximate surface area is 175 Å². The summed E-state index contributed by atoms with van der Waals surface area (Å²) in [6.07, 6.45) is 7.27. The molecule has 3 rings (SSSR count). The fourth-order valence-corrected chi connectivity index (χ4v) is 3.35. The Morgan fingerprint density at radius 3 is 2.73 bits per heavy atom. The lowest BCUT2D eigenvalue weighted by Gasteiger charge is -2.22. The molecule has 0 radical (unpaired) electrons. The second-order valence-corrected chi connectivity index (χ2v) is 7.29. The number of ether oxygens (including phenoxy) is 1. The zero-order valence-electron chi connectivity index (χ0n) is 16.8. The number of urea groups is 1. The molecular weight excluding hydrogens is 387 g/mol. The Morgan fingerprint density at radius 2 is 1.93 bits per heavy atom. The molecule has 0 bridgehead atoms. The van der Waals surface area contributed by atoms with Crippen LogP contribution in [0.4, 0.5) is 9.18 Å². The molecule has 0 spiro atoms. The van der Waals surface area contributed by atoms with Gasteiger partial charge in [-0.3, -0.25) is 4.79 Å². The molecule has 0 unspecified atom stereocenters. The van der Waals surface area contributed by atoms with Gasteiger partial charge in [0.2, 0.25) is 11.8 Å². The predicted octanol–water partition coefficient (Wildman–Crippen LogP) is 3.65. The lowest BCUT2D eigenvalue weighted by atomic mass is 9.96. The van der Waals surface area contributed by atoms with Crippen molar-refractivity contribution >= 4 is 11.9 Å². The van der Waals surface area contributed by atoms with Crippen LogP contribution in [0.2, 0.25) is 0 Å². The molecule has 0 saturated heterocycles. The third-order valence-electron chi connectivity index (χ3n) is 4.91. The fraction of sp³-hybridized carbons (Fsp3) is 0.409. The number of hydrogen-bond acceptors (Lipinski definition) is 4. The van der Waals surface area contributed by atoms with E-state index < -0.39 is 5.82 Å². The number of aromatic nitrogens is 1. The van der Waals surface area contributed by atoms with Crippen LogP contribution in [0, 0.1) is 5.82 Å². The maximum absolute atomic E-state index is 13.3. The van der Waals surface area contributed by atoms with Gasteiger partial charge in [0.05, 0.1) is 0 Å². The first kappa shape index (κ1) is 21.5. The minimum Gasteiger partial charge on any atom is -0.439 e. The van der Waals surface area contributed by atoms with E-state index in [0.29, 0.717) is 17.2 Å². The molecule has 1 aromatic heterocycles. The highest BCUT2D eigenvalue weighted by molar-refractivity contribution is 5.78. The molecule has 1 fully saturated rings. The first-order valence-corrected chi connectivity index (χ1v) is 10.3. The number of pyridine rings is 1. The van der Waals surface area contributed by atoms with Gasteiger partial charge in [-0.1, -0.05) is 31.4 Å². The van der Waals surface area contributed by atoms with E-state index >= 15 is 0 Å². The molecule has 2 aromatic rings. The number of amides is 3. The van der Waals surface area contributed by atoms with Gasteiger partial charge in [0.15, 0.2) is 0 Å². The second-order valence-electron chi connectivity index (χ2n) is 7.29. The van der Waals surface area contributed by atoms with E-state index in [2.05, 4.69) is 20.9 Å². The molecule has 7 nitrogen and oxygen atoms in total. The molecule has 8 heteroatoms. The molecule has 30 heavy (non-hydrogen) atoms. The van der Waals surface area contributed by atoms with E-state index in [-0.39, 0.29) is 37.5 Å². The van der Waals surface area contributed by atoms with Crippen LogP contribution in [-0.4, -0.2) is 29.5 Å². The molecule has 0 atom stereocenters. The van der Waals surface area contributed by atoms with Gasteiger partial charge in [-0.15, -0.1) is 0 Å².